The lowest BCUT2D eigenvalue weighted by Crippen LogP contribution is -2.24. The molecule has 1 aromatic heterocycles. The summed E-state index contributed by atoms with van der Waals surface area (Å²) in [6.07, 6.45) is 4.83. The largest absolute Gasteiger partial charge is 0.490 e. The molecular formula is C18H21N3O3. The fourth-order valence-electron chi connectivity index (χ4n) is 3.32. The summed E-state index contributed by atoms with van der Waals surface area (Å²) in [5, 5.41) is 0. The molecule has 0 amide bonds. The number of hydrogen-bond acceptors (Lipinski definition) is 6. The molecule has 0 unspecified atom stereocenters. The molecular weight excluding hydrogens is 306 g/mol. The van der Waals surface area contributed by atoms with Crippen molar-refractivity contribution < 1.29 is 14.2 Å². The number of hydrogen-bond donors (Lipinski definition) is 0. The highest BCUT2D eigenvalue weighted by molar-refractivity contribution is 5.47. The van der Waals surface area contributed by atoms with E-state index in [0.717, 1.165) is 37.3 Å². The number of ether oxygens (including phenoxy) is 3. The molecule has 1 saturated heterocycles. The van der Waals surface area contributed by atoms with E-state index in [9.17, 15) is 0 Å². The Bertz CT molecular complexity index is 722. The minimum absolute atomic E-state index is 0.245. The predicted molar refractivity (Wildman–Crippen MR) is 90.0 cm³/mol. The summed E-state index contributed by atoms with van der Waals surface area (Å²) < 4.78 is 16.8. The Morgan fingerprint density at radius 1 is 1.12 bits per heavy atom. The van der Waals surface area contributed by atoms with Crippen molar-refractivity contribution in [1.29, 1.82) is 0 Å². The van der Waals surface area contributed by atoms with Gasteiger partial charge in [-0.05, 0) is 30.5 Å². The van der Waals surface area contributed by atoms with Crippen LogP contribution in [0.1, 0.15) is 30.9 Å². The minimum Gasteiger partial charge on any atom is -0.490 e. The summed E-state index contributed by atoms with van der Waals surface area (Å²) in [6, 6.07) is 8.25. The van der Waals surface area contributed by atoms with Crippen molar-refractivity contribution >= 4 is 5.95 Å². The van der Waals surface area contributed by atoms with E-state index in [0.29, 0.717) is 25.0 Å². The number of methoxy groups -OCH3 is 1. The van der Waals surface area contributed by atoms with Crippen LogP contribution in [0.3, 0.4) is 0 Å². The van der Waals surface area contributed by atoms with Gasteiger partial charge in [-0.25, -0.2) is 4.98 Å². The van der Waals surface area contributed by atoms with Crippen LogP contribution >= 0.6 is 0 Å². The van der Waals surface area contributed by atoms with Gasteiger partial charge in [-0.15, -0.1) is 0 Å². The molecule has 126 valence electrons. The van der Waals surface area contributed by atoms with Crippen LogP contribution in [0.2, 0.25) is 0 Å². The lowest BCUT2D eigenvalue weighted by Gasteiger charge is -2.25. The molecule has 1 fully saturated rings. The molecule has 3 heterocycles. The van der Waals surface area contributed by atoms with E-state index in [1.165, 1.54) is 5.56 Å². The van der Waals surface area contributed by atoms with Crippen LogP contribution in [-0.4, -0.2) is 36.8 Å². The normalized spacial score (nSPS) is 19.9. The van der Waals surface area contributed by atoms with E-state index in [1.54, 1.807) is 19.4 Å². The molecule has 0 saturated carbocycles. The van der Waals surface area contributed by atoms with Gasteiger partial charge in [0.2, 0.25) is 11.8 Å². The van der Waals surface area contributed by atoms with Crippen molar-refractivity contribution in [1.82, 2.24) is 9.97 Å². The van der Waals surface area contributed by atoms with Gasteiger partial charge in [0.25, 0.3) is 0 Å². The first-order valence-corrected chi connectivity index (χ1v) is 8.38. The molecule has 6 heteroatoms. The van der Waals surface area contributed by atoms with Crippen molar-refractivity contribution in [3.05, 3.63) is 36.0 Å². The fourth-order valence-corrected chi connectivity index (χ4v) is 3.32. The van der Waals surface area contributed by atoms with Crippen molar-refractivity contribution in [3.8, 4) is 17.4 Å². The van der Waals surface area contributed by atoms with Gasteiger partial charge in [0.1, 0.15) is 0 Å². The summed E-state index contributed by atoms with van der Waals surface area (Å²) in [4.78, 5) is 11.2. The van der Waals surface area contributed by atoms with E-state index in [2.05, 4.69) is 27.0 Å². The van der Waals surface area contributed by atoms with Crippen LogP contribution in [0.25, 0.3) is 0 Å². The van der Waals surface area contributed by atoms with Crippen molar-refractivity contribution in [2.24, 2.45) is 0 Å². The van der Waals surface area contributed by atoms with E-state index in [4.69, 9.17) is 14.2 Å². The average Bonchev–Trinajstić information content (AvgIpc) is 3.00. The SMILES string of the molecule is COc1ccnc(N2CCC[C@H]2c2ccc3c(c2)OCCCO3)n1. The molecule has 1 aromatic carbocycles. The van der Waals surface area contributed by atoms with Gasteiger partial charge >= 0.3 is 0 Å². The van der Waals surface area contributed by atoms with E-state index < -0.39 is 0 Å². The van der Waals surface area contributed by atoms with Crippen molar-refractivity contribution in [2.75, 3.05) is 31.8 Å². The van der Waals surface area contributed by atoms with Crippen molar-refractivity contribution in [3.63, 3.8) is 0 Å². The molecule has 2 aliphatic heterocycles. The second-order valence-electron chi connectivity index (χ2n) is 6.01. The smallest absolute Gasteiger partial charge is 0.229 e. The Hall–Kier alpha value is -2.50. The molecule has 0 spiro atoms. The third-order valence-corrected chi connectivity index (χ3v) is 4.49. The Balaban J connectivity index is 1.64. The third kappa shape index (κ3) is 2.84. The van der Waals surface area contributed by atoms with Crippen LogP contribution in [0.15, 0.2) is 30.5 Å². The van der Waals surface area contributed by atoms with Crippen LogP contribution in [0.5, 0.6) is 17.4 Å². The molecule has 6 nitrogen and oxygen atoms in total. The standard InChI is InChI=1S/C18H21N3O3/c1-22-17-7-8-19-18(20-17)21-9-2-4-14(21)13-5-6-15-16(12-13)24-11-3-10-23-15/h5-8,12,14H,2-4,9-11H2,1H3/t14-/m0/s1. The number of rotatable bonds is 3. The summed E-state index contributed by atoms with van der Waals surface area (Å²) in [5.41, 5.74) is 1.21. The zero-order chi connectivity index (χ0) is 16.4. The van der Waals surface area contributed by atoms with E-state index in [1.807, 2.05) is 6.07 Å². The number of fused-ring (bicyclic) bond motifs is 1. The molecule has 1 atom stereocenters. The maximum atomic E-state index is 5.83. The van der Waals surface area contributed by atoms with Gasteiger partial charge in [0.05, 0.1) is 26.4 Å². The second-order valence-corrected chi connectivity index (χ2v) is 6.01. The molecule has 24 heavy (non-hydrogen) atoms. The van der Waals surface area contributed by atoms with Gasteiger partial charge < -0.3 is 19.1 Å². The first-order valence-electron chi connectivity index (χ1n) is 8.38. The van der Waals surface area contributed by atoms with Gasteiger partial charge in [-0.2, -0.15) is 4.98 Å². The second kappa shape index (κ2) is 6.55. The van der Waals surface area contributed by atoms with Gasteiger partial charge in [-0.3, -0.25) is 0 Å². The first-order chi connectivity index (χ1) is 11.8. The van der Waals surface area contributed by atoms with E-state index >= 15 is 0 Å². The van der Waals surface area contributed by atoms with Crippen LogP contribution in [0.4, 0.5) is 5.95 Å². The highest BCUT2D eigenvalue weighted by Gasteiger charge is 2.29. The summed E-state index contributed by atoms with van der Waals surface area (Å²) in [5.74, 6) is 2.97. The monoisotopic (exact) mass is 327 g/mol. The van der Waals surface area contributed by atoms with E-state index in [-0.39, 0.29) is 6.04 Å². The molecule has 0 radical (unpaired) electrons. The number of anilines is 1. The highest BCUT2D eigenvalue weighted by Crippen LogP contribution is 2.39. The molecule has 0 aliphatic carbocycles. The molecule has 0 bridgehead atoms. The van der Waals surface area contributed by atoms with Crippen LogP contribution < -0.4 is 19.1 Å². The fraction of sp³-hybridized carbons (Fsp3) is 0.444. The number of nitrogens with zero attached hydrogens (tertiary/aromatic N) is 3. The zero-order valence-corrected chi connectivity index (χ0v) is 13.8. The Labute approximate surface area is 141 Å². The quantitative estimate of drug-likeness (QED) is 0.864. The van der Waals surface area contributed by atoms with Crippen molar-refractivity contribution in [2.45, 2.75) is 25.3 Å². The highest BCUT2D eigenvalue weighted by atomic mass is 16.5. The van der Waals surface area contributed by atoms with Gasteiger partial charge in [-0.1, -0.05) is 6.07 Å². The zero-order valence-electron chi connectivity index (χ0n) is 13.8. The lowest BCUT2D eigenvalue weighted by molar-refractivity contribution is 0.297. The Morgan fingerprint density at radius 2 is 2.00 bits per heavy atom. The van der Waals surface area contributed by atoms with Crippen LogP contribution in [-0.2, 0) is 0 Å². The number of benzene rings is 1. The Kier molecular flexibility index (Phi) is 4.11. The molecule has 2 aromatic rings. The van der Waals surface area contributed by atoms with Gasteiger partial charge in [0, 0.05) is 25.2 Å². The summed E-state index contributed by atoms with van der Waals surface area (Å²) in [6.45, 7) is 2.34. The third-order valence-electron chi connectivity index (χ3n) is 4.49. The lowest BCUT2D eigenvalue weighted by atomic mass is 10.0. The summed E-state index contributed by atoms with van der Waals surface area (Å²) >= 11 is 0. The molecule has 0 N–H and O–H groups in total. The molecule has 2 aliphatic rings. The average molecular weight is 327 g/mol. The first kappa shape index (κ1) is 15.1. The maximum absolute atomic E-state index is 5.83. The maximum Gasteiger partial charge on any atom is 0.229 e. The number of aromatic nitrogens is 2. The van der Waals surface area contributed by atoms with Crippen LogP contribution in [0, 0.1) is 0 Å². The predicted octanol–water partition coefficient (Wildman–Crippen LogP) is 2.99. The topological polar surface area (TPSA) is 56.7 Å². The minimum atomic E-state index is 0.245. The Morgan fingerprint density at radius 3 is 2.88 bits per heavy atom. The molecule has 4 rings (SSSR count). The van der Waals surface area contributed by atoms with Gasteiger partial charge in [0.15, 0.2) is 11.5 Å². The summed E-state index contributed by atoms with van der Waals surface area (Å²) in [7, 11) is 1.62.